The number of carbonyl (C=O) groups is 2. The lowest BCUT2D eigenvalue weighted by Gasteiger charge is -2.35. The summed E-state index contributed by atoms with van der Waals surface area (Å²) in [7, 11) is -0.463. The van der Waals surface area contributed by atoms with Crippen molar-refractivity contribution in [3.63, 3.8) is 0 Å². The maximum Gasteiger partial charge on any atom is 0.192 e. The Morgan fingerprint density at radius 3 is 2.24 bits per heavy atom. The molecule has 0 aliphatic heterocycles. The first-order valence-electron chi connectivity index (χ1n) is 7.00. The van der Waals surface area contributed by atoms with Gasteiger partial charge in [-0.3, -0.25) is 9.59 Å². The van der Waals surface area contributed by atoms with E-state index in [2.05, 4.69) is 33.9 Å². The minimum Gasteiger partial charge on any atom is -0.409 e. The van der Waals surface area contributed by atoms with Crippen LogP contribution in [0, 0.1) is 0 Å². The minimum absolute atomic E-state index is 0.00752. The Labute approximate surface area is 128 Å². The van der Waals surface area contributed by atoms with Gasteiger partial charge in [0.1, 0.15) is 12.9 Å². The summed E-state index contributed by atoms with van der Waals surface area (Å²) in [5.74, 6) is -0.486. The summed E-state index contributed by atoms with van der Waals surface area (Å²) >= 11 is 0. The monoisotopic (exact) mass is 316 g/mol. The van der Waals surface area contributed by atoms with Gasteiger partial charge in [0.05, 0.1) is 6.61 Å². The number of methoxy groups -OCH3 is 1. The molecule has 0 N–H and O–H groups in total. The van der Waals surface area contributed by atoms with Crippen molar-refractivity contribution in [3.8, 4) is 0 Å². The summed E-state index contributed by atoms with van der Waals surface area (Å²) in [6.45, 7) is 12.2. The van der Waals surface area contributed by atoms with Gasteiger partial charge in [0.25, 0.3) is 0 Å². The first-order chi connectivity index (χ1) is 9.51. The van der Waals surface area contributed by atoms with Crippen molar-refractivity contribution in [1.82, 2.24) is 0 Å². The third-order valence-corrected chi connectivity index (χ3v) is 8.13. The fourth-order valence-corrected chi connectivity index (χ4v) is 2.02. The smallest absolute Gasteiger partial charge is 0.192 e. The van der Waals surface area contributed by atoms with Crippen LogP contribution in [0.5, 0.6) is 0 Å². The van der Waals surface area contributed by atoms with E-state index < -0.39 is 14.4 Å². The van der Waals surface area contributed by atoms with Gasteiger partial charge in [-0.15, -0.1) is 0 Å². The van der Waals surface area contributed by atoms with Crippen LogP contribution in [0.25, 0.3) is 0 Å². The number of hydrogen-bond donors (Lipinski definition) is 0. The Bertz CT molecular complexity index is 382. The van der Waals surface area contributed by atoms with Crippen molar-refractivity contribution in [1.29, 1.82) is 0 Å². The first-order valence-corrected chi connectivity index (χ1v) is 9.91. The number of ketones is 2. The molecule has 0 spiro atoms. The zero-order valence-electron chi connectivity index (χ0n) is 14.2. The minimum atomic E-state index is -1.94. The van der Waals surface area contributed by atoms with Gasteiger partial charge < -0.3 is 13.9 Å². The maximum atomic E-state index is 11.8. The molecule has 21 heavy (non-hydrogen) atoms. The molecule has 0 saturated heterocycles. The lowest BCUT2D eigenvalue weighted by Crippen LogP contribution is -2.41. The Hall–Kier alpha value is -0.823. The first kappa shape index (κ1) is 20.2. The lowest BCUT2D eigenvalue weighted by molar-refractivity contribution is -0.133. The van der Waals surface area contributed by atoms with Crippen LogP contribution < -0.4 is 0 Å². The average molecular weight is 316 g/mol. The molecule has 0 aromatic heterocycles. The summed E-state index contributed by atoms with van der Waals surface area (Å²) in [6, 6.07) is 0. The number of carbonyl (C=O) groups excluding carboxylic acids is 2. The topological polar surface area (TPSA) is 61.8 Å². The van der Waals surface area contributed by atoms with E-state index in [0.29, 0.717) is 0 Å². The molecule has 0 aromatic carbocycles. The number of hydrogen-bond acceptors (Lipinski definition) is 5. The molecule has 122 valence electrons. The van der Waals surface area contributed by atoms with E-state index in [9.17, 15) is 9.59 Å². The van der Waals surface area contributed by atoms with E-state index in [4.69, 9.17) is 13.9 Å². The normalized spacial score (nSPS) is 14.4. The van der Waals surface area contributed by atoms with Crippen LogP contribution in [0.1, 0.15) is 27.7 Å². The Morgan fingerprint density at radius 1 is 1.19 bits per heavy atom. The van der Waals surface area contributed by atoms with Gasteiger partial charge in [-0.2, -0.15) is 0 Å². The van der Waals surface area contributed by atoms with Crippen LogP contribution in [0.2, 0.25) is 18.1 Å². The predicted molar refractivity (Wildman–Crippen MR) is 84.7 cm³/mol. The van der Waals surface area contributed by atoms with E-state index in [1.54, 1.807) is 6.92 Å². The van der Waals surface area contributed by atoms with Crippen molar-refractivity contribution in [2.75, 3.05) is 20.5 Å². The van der Waals surface area contributed by atoms with Gasteiger partial charge in [-0.05, 0) is 37.2 Å². The van der Waals surface area contributed by atoms with Gasteiger partial charge in [-0.1, -0.05) is 20.8 Å². The fourth-order valence-electron chi connectivity index (χ4n) is 1.08. The quantitative estimate of drug-likeness (QED) is 0.372. The second-order valence-electron chi connectivity index (χ2n) is 6.47. The highest BCUT2D eigenvalue weighted by molar-refractivity contribution is 6.74. The molecule has 0 amide bonds. The molecule has 0 radical (unpaired) electrons. The molecule has 0 aliphatic carbocycles. The van der Waals surface area contributed by atoms with Crippen LogP contribution in [0.4, 0.5) is 0 Å². The van der Waals surface area contributed by atoms with E-state index in [1.165, 1.54) is 19.3 Å². The predicted octanol–water partition coefficient (Wildman–Crippen LogP) is 2.71. The molecule has 0 bridgehead atoms. The second-order valence-corrected chi connectivity index (χ2v) is 11.3. The molecule has 0 aromatic rings. The van der Waals surface area contributed by atoms with Crippen molar-refractivity contribution in [2.45, 2.75) is 51.9 Å². The molecule has 6 heteroatoms. The molecule has 0 aliphatic rings. The Balaban J connectivity index is 4.32. The fraction of sp³-hybridized carbons (Fsp3) is 0.733. The Kier molecular flexibility index (Phi) is 8.24. The van der Waals surface area contributed by atoms with Crippen molar-refractivity contribution in [2.24, 2.45) is 0 Å². The Morgan fingerprint density at radius 2 is 1.76 bits per heavy atom. The SMILES string of the molecule is COCOC(C)C(=O)/C=C/C(=O)CO[Si](C)(C)C(C)(C)C. The largest absolute Gasteiger partial charge is 0.409 e. The summed E-state index contributed by atoms with van der Waals surface area (Å²) in [4.78, 5) is 23.4. The van der Waals surface area contributed by atoms with Crippen LogP contribution >= 0.6 is 0 Å². The molecule has 5 nitrogen and oxygen atoms in total. The molecular weight excluding hydrogens is 288 g/mol. The number of ether oxygens (including phenoxy) is 2. The summed E-state index contributed by atoms with van der Waals surface area (Å²) in [5.41, 5.74) is 0. The highest BCUT2D eigenvalue weighted by atomic mass is 28.4. The molecule has 0 heterocycles. The molecule has 1 atom stereocenters. The van der Waals surface area contributed by atoms with Crippen LogP contribution in [-0.2, 0) is 23.5 Å². The van der Waals surface area contributed by atoms with Crippen LogP contribution in [-0.4, -0.2) is 46.5 Å². The van der Waals surface area contributed by atoms with Gasteiger partial charge in [0.2, 0.25) is 0 Å². The zero-order valence-corrected chi connectivity index (χ0v) is 15.2. The molecular formula is C15H28O5Si. The van der Waals surface area contributed by atoms with Gasteiger partial charge in [0, 0.05) is 7.11 Å². The van der Waals surface area contributed by atoms with Crippen molar-refractivity contribution >= 4 is 19.9 Å². The van der Waals surface area contributed by atoms with Crippen LogP contribution in [0.15, 0.2) is 12.2 Å². The van der Waals surface area contributed by atoms with E-state index >= 15 is 0 Å². The molecule has 0 saturated carbocycles. The third-order valence-electron chi connectivity index (χ3n) is 3.65. The highest BCUT2D eigenvalue weighted by Gasteiger charge is 2.37. The van der Waals surface area contributed by atoms with Gasteiger partial charge >= 0.3 is 0 Å². The van der Waals surface area contributed by atoms with E-state index in [0.717, 1.165) is 0 Å². The average Bonchev–Trinajstić information content (AvgIpc) is 2.38. The van der Waals surface area contributed by atoms with E-state index in [-0.39, 0.29) is 30.0 Å². The summed E-state index contributed by atoms with van der Waals surface area (Å²) in [6.07, 6.45) is 1.86. The summed E-state index contributed by atoms with van der Waals surface area (Å²) < 4.78 is 15.6. The van der Waals surface area contributed by atoms with Crippen molar-refractivity contribution < 1.29 is 23.5 Å². The van der Waals surface area contributed by atoms with Gasteiger partial charge in [0.15, 0.2) is 19.9 Å². The lowest BCUT2D eigenvalue weighted by atomic mass is 10.2. The number of rotatable bonds is 9. The van der Waals surface area contributed by atoms with E-state index in [1.807, 2.05) is 0 Å². The zero-order chi connectivity index (χ0) is 16.7. The standard InChI is InChI=1S/C15H28O5Si/c1-12(19-11-18-5)14(17)9-8-13(16)10-20-21(6,7)15(2,3)4/h8-9,12H,10-11H2,1-7H3/b9-8+. The molecule has 0 rings (SSSR count). The highest BCUT2D eigenvalue weighted by Crippen LogP contribution is 2.36. The van der Waals surface area contributed by atoms with Crippen molar-refractivity contribution in [3.05, 3.63) is 12.2 Å². The third kappa shape index (κ3) is 7.66. The summed E-state index contributed by atoms with van der Waals surface area (Å²) in [5, 5.41) is 0.0509. The maximum absolute atomic E-state index is 11.8. The van der Waals surface area contributed by atoms with Gasteiger partial charge in [-0.25, -0.2) is 0 Å². The molecule has 0 fully saturated rings. The molecule has 1 unspecified atom stereocenters. The second kappa shape index (κ2) is 8.58. The van der Waals surface area contributed by atoms with Crippen LogP contribution in [0.3, 0.4) is 0 Å².